The van der Waals surface area contributed by atoms with Crippen LogP contribution in [0.25, 0.3) is 11.0 Å². The first kappa shape index (κ1) is 19.6. The molecule has 0 aliphatic heterocycles. The SMILES string of the molecule is C=CCc1ccccc1OCc1nc2ccccc2n1Cc1ccc(Cl)c(Cl)c1. The van der Waals surface area contributed by atoms with Gasteiger partial charge in [0, 0.05) is 6.54 Å². The first-order chi connectivity index (χ1) is 14.2. The Morgan fingerprint density at radius 1 is 0.966 bits per heavy atom. The third-order valence-electron chi connectivity index (χ3n) is 4.75. The summed E-state index contributed by atoms with van der Waals surface area (Å²) in [5.41, 5.74) is 4.15. The van der Waals surface area contributed by atoms with Crippen molar-refractivity contribution in [3.05, 3.63) is 106 Å². The van der Waals surface area contributed by atoms with Crippen LogP contribution in [0.1, 0.15) is 17.0 Å². The van der Waals surface area contributed by atoms with Crippen LogP contribution in [0.5, 0.6) is 5.75 Å². The van der Waals surface area contributed by atoms with E-state index in [0.29, 0.717) is 23.2 Å². The molecule has 0 saturated heterocycles. The number of rotatable bonds is 7. The van der Waals surface area contributed by atoms with Gasteiger partial charge in [0.05, 0.1) is 21.1 Å². The van der Waals surface area contributed by atoms with Gasteiger partial charge in [0.2, 0.25) is 0 Å². The molecule has 3 nitrogen and oxygen atoms in total. The summed E-state index contributed by atoms with van der Waals surface area (Å²) in [5, 5.41) is 1.10. The molecule has 4 rings (SSSR count). The van der Waals surface area contributed by atoms with Crippen LogP contribution in [0.3, 0.4) is 0 Å². The molecule has 0 aliphatic carbocycles. The van der Waals surface area contributed by atoms with Gasteiger partial charge < -0.3 is 9.30 Å². The molecule has 4 aromatic rings. The molecule has 1 heterocycles. The summed E-state index contributed by atoms with van der Waals surface area (Å²) in [4.78, 5) is 4.80. The zero-order valence-corrected chi connectivity index (χ0v) is 17.3. The van der Waals surface area contributed by atoms with E-state index in [4.69, 9.17) is 32.9 Å². The number of fused-ring (bicyclic) bond motifs is 1. The lowest BCUT2D eigenvalue weighted by Gasteiger charge is -2.13. The molecule has 0 amide bonds. The van der Waals surface area contributed by atoms with E-state index in [1.165, 1.54) is 0 Å². The minimum absolute atomic E-state index is 0.365. The maximum absolute atomic E-state index is 6.21. The molecular weight excluding hydrogens is 403 g/mol. The monoisotopic (exact) mass is 422 g/mol. The second-order valence-electron chi connectivity index (χ2n) is 6.74. The Labute approximate surface area is 180 Å². The Hall–Kier alpha value is -2.75. The summed E-state index contributed by atoms with van der Waals surface area (Å²) in [7, 11) is 0. The molecule has 0 atom stereocenters. The quantitative estimate of drug-likeness (QED) is 0.309. The van der Waals surface area contributed by atoms with Gasteiger partial charge in [0.1, 0.15) is 18.2 Å². The number of imidazole rings is 1. The maximum atomic E-state index is 6.21. The van der Waals surface area contributed by atoms with Gasteiger partial charge in [-0.2, -0.15) is 0 Å². The second-order valence-corrected chi connectivity index (χ2v) is 7.55. The second kappa shape index (κ2) is 8.73. The van der Waals surface area contributed by atoms with Crippen molar-refractivity contribution in [2.75, 3.05) is 0 Å². The molecule has 3 aromatic carbocycles. The predicted octanol–water partition coefficient (Wildman–Crippen LogP) is 6.70. The highest BCUT2D eigenvalue weighted by Crippen LogP contribution is 2.26. The molecule has 5 heteroatoms. The fourth-order valence-electron chi connectivity index (χ4n) is 3.34. The van der Waals surface area contributed by atoms with E-state index in [0.717, 1.165) is 40.2 Å². The van der Waals surface area contributed by atoms with E-state index in [1.807, 2.05) is 60.7 Å². The van der Waals surface area contributed by atoms with Gasteiger partial charge in [-0.3, -0.25) is 0 Å². The number of hydrogen-bond donors (Lipinski definition) is 0. The molecule has 1 aromatic heterocycles. The number of nitrogens with zero attached hydrogens (tertiary/aromatic N) is 2. The van der Waals surface area contributed by atoms with Gasteiger partial charge in [-0.25, -0.2) is 4.98 Å². The van der Waals surface area contributed by atoms with Crippen LogP contribution in [0, 0.1) is 0 Å². The number of ether oxygens (including phenoxy) is 1. The molecule has 0 unspecified atom stereocenters. The Morgan fingerprint density at radius 2 is 1.76 bits per heavy atom. The Kier molecular flexibility index (Phi) is 5.89. The third kappa shape index (κ3) is 4.31. The van der Waals surface area contributed by atoms with E-state index >= 15 is 0 Å². The lowest BCUT2D eigenvalue weighted by Crippen LogP contribution is -2.09. The number of allylic oxidation sites excluding steroid dienone is 1. The normalized spacial score (nSPS) is 11.0. The highest BCUT2D eigenvalue weighted by Gasteiger charge is 2.13. The summed E-state index contributed by atoms with van der Waals surface area (Å²) in [5.74, 6) is 1.70. The summed E-state index contributed by atoms with van der Waals surface area (Å²) >= 11 is 12.3. The van der Waals surface area contributed by atoms with Crippen molar-refractivity contribution in [2.45, 2.75) is 19.6 Å². The molecule has 0 bridgehead atoms. The van der Waals surface area contributed by atoms with E-state index < -0.39 is 0 Å². The Bertz CT molecular complexity index is 1170. The van der Waals surface area contributed by atoms with Crippen molar-refractivity contribution in [3.63, 3.8) is 0 Å². The van der Waals surface area contributed by atoms with Crippen molar-refractivity contribution in [1.82, 2.24) is 9.55 Å². The first-order valence-corrected chi connectivity index (χ1v) is 10.1. The van der Waals surface area contributed by atoms with Crippen molar-refractivity contribution >= 4 is 34.2 Å². The zero-order chi connectivity index (χ0) is 20.2. The van der Waals surface area contributed by atoms with E-state index in [1.54, 1.807) is 0 Å². The number of para-hydroxylation sites is 3. The van der Waals surface area contributed by atoms with Gasteiger partial charge in [0.15, 0.2) is 0 Å². The highest BCUT2D eigenvalue weighted by atomic mass is 35.5. The largest absolute Gasteiger partial charge is 0.485 e. The van der Waals surface area contributed by atoms with Crippen LogP contribution in [0.4, 0.5) is 0 Å². The van der Waals surface area contributed by atoms with Crippen LogP contribution in [-0.2, 0) is 19.6 Å². The molecular formula is C24H20Cl2N2O. The average molecular weight is 423 g/mol. The van der Waals surface area contributed by atoms with Crippen molar-refractivity contribution in [3.8, 4) is 5.75 Å². The van der Waals surface area contributed by atoms with Gasteiger partial charge in [-0.1, -0.05) is 65.7 Å². The topological polar surface area (TPSA) is 27.1 Å². The summed E-state index contributed by atoms with van der Waals surface area (Å²) in [6, 6.07) is 21.8. The van der Waals surface area contributed by atoms with Gasteiger partial charge >= 0.3 is 0 Å². The highest BCUT2D eigenvalue weighted by molar-refractivity contribution is 6.42. The minimum Gasteiger partial charge on any atom is -0.485 e. The van der Waals surface area contributed by atoms with Crippen LogP contribution in [-0.4, -0.2) is 9.55 Å². The lowest BCUT2D eigenvalue weighted by atomic mass is 10.1. The molecule has 29 heavy (non-hydrogen) atoms. The van der Waals surface area contributed by atoms with Crippen molar-refractivity contribution in [1.29, 1.82) is 0 Å². The third-order valence-corrected chi connectivity index (χ3v) is 5.49. The molecule has 0 saturated carbocycles. The molecule has 0 radical (unpaired) electrons. The average Bonchev–Trinajstić information content (AvgIpc) is 3.08. The lowest BCUT2D eigenvalue weighted by molar-refractivity contribution is 0.289. The summed E-state index contributed by atoms with van der Waals surface area (Å²) in [6.07, 6.45) is 2.64. The van der Waals surface area contributed by atoms with Crippen LogP contribution < -0.4 is 4.74 Å². The Balaban J connectivity index is 1.66. The number of benzene rings is 3. The summed E-state index contributed by atoms with van der Waals surface area (Å²) in [6.45, 7) is 4.82. The maximum Gasteiger partial charge on any atom is 0.148 e. The minimum atomic E-state index is 0.365. The predicted molar refractivity (Wildman–Crippen MR) is 120 cm³/mol. The first-order valence-electron chi connectivity index (χ1n) is 9.35. The summed E-state index contributed by atoms with van der Waals surface area (Å²) < 4.78 is 8.31. The number of halogens is 2. The van der Waals surface area contributed by atoms with Crippen LogP contribution >= 0.6 is 23.2 Å². The fraction of sp³-hybridized carbons (Fsp3) is 0.125. The standard InChI is InChI=1S/C24H20Cl2N2O/c1-2-7-18-8-3-6-11-23(18)29-16-24-27-21-9-4-5-10-22(21)28(24)15-17-12-13-19(25)20(26)14-17/h2-6,8-14H,1,7,15-16H2. The van der Waals surface area contributed by atoms with E-state index in [2.05, 4.69) is 23.3 Å². The molecule has 0 spiro atoms. The zero-order valence-electron chi connectivity index (χ0n) is 15.8. The van der Waals surface area contributed by atoms with Crippen LogP contribution in [0.2, 0.25) is 10.0 Å². The van der Waals surface area contributed by atoms with Crippen molar-refractivity contribution in [2.24, 2.45) is 0 Å². The van der Waals surface area contributed by atoms with Gasteiger partial charge in [-0.05, 0) is 47.9 Å². The number of hydrogen-bond acceptors (Lipinski definition) is 2. The van der Waals surface area contributed by atoms with Gasteiger partial charge in [0.25, 0.3) is 0 Å². The van der Waals surface area contributed by atoms with Crippen molar-refractivity contribution < 1.29 is 4.74 Å². The Morgan fingerprint density at radius 3 is 2.59 bits per heavy atom. The molecule has 146 valence electrons. The number of aromatic nitrogens is 2. The smallest absolute Gasteiger partial charge is 0.148 e. The van der Waals surface area contributed by atoms with E-state index in [-0.39, 0.29) is 0 Å². The molecule has 0 fully saturated rings. The van der Waals surface area contributed by atoms with Crippen LogP contribution in [0.15, 0.2) is 79.4 Å². The van der Waals surface area contributed by atoms with E-state index in [9.17, 15) is 0 Å². The molecule has 0 N–H and O–H groups in total. The van der Waals surface area contributed by atoms with Gasteiger partial charge in [-0.15, -0.1) is 6.58 Å². The fourth-order valence-corrected chi connectivity index (χ4v) is 3.66. The molecule has 0 aliphatic rings.